The van der Waals surface area contributed by atoms with Crippen LogP contribution in [0.1, 0.15) is 47.3 Å². The Hall–Kier alpha value is -1.88. The molecule has 184 valence electrons. The van der Waals surface area contributed by atoms with Gasteiger partial charge in [0, 0.05) is 34.3 Å². The van der Waals surface area contributed by atoms with Gasteiger partial charge in [0.25, 0.3) is 0 Å². The van der Waals surface area contributed by atoms with E-state index in [1.165, 1.54) is 27.9 Å². The van der Waals surface area contributed by atoms with Gasteiger partial charge in [-0.15, -0.1) is 0 Å². The minimum Gasteiger partial charge on any atom is -0.466 e. The number of esters is 3. The van der Waals surface area contributed by atoms with Crippen molar-refractivity contribution in [3.8, 4) is 0 Å². The molecule has 0 spiro atoms. The van der Waals surface area contributed by atoms with Crippen molar-refractivity contribution in [1.29, 1.82) is 0 Å². The maximum absolute atomic E-state index is 11.9. The van der Waals surface area contributed by atoms with E-state index >= 15 is 0 Å². The average Bonchev–Trinajstić information content (AvgIpc) is 3.03. The number of halogens is 3. The van der Waals surface area contributed by atoms with E-state index in [2.05, 4.69) is 20.9 Å². The molecule has 33 heavy (non-hydrogen) atoms. The maximum atomic E-state index is 11.9. The lowest BCUT2D eigenvalue weighted by Gasteiger charge is -2.32. The van der Waals surface area contributed by atoms with Crippen LogP contribution in [-0.2, 0) is 33.3 Å². The van der Waals surface area contributed by atoms with E-state index in [0.717, 1.165) is 0 Å². The number of aromatic nitrogens is 2. The lowest BCUT2D eigenvalue weighted by molar-refractivity contribution is -0.186. The van der Waals surface area contributed by atoms with Crippen LogP contribution in [-0.4, -0.2) is 53.4 Å². The number of benzene rings is 1. The fourth-order valence-corrected chi connectivity index (χ4v) is 3.92. The smallest absolute Gasteiger partial charge is 0.303 e. The zero-order valence-corrected chi connectivity index (χ0v) is 22.3. The SMILES string of the molecule is CC.COC(C(OC(C)=O)[C@@H](CCOC(C)=O)OC(C)=O)n1c(Br)nc2cc(Cl)c(Cl)cc21. The van der Waals surface area contributed by atoms with Gasteiger partial charge in [-0.2, -0.15) is 0 Å². The molecule has 0 amide bonds. The summed E-state index contributed by atoms with van der Waals surface area (Å²) in [5.41, 5.74) is 1.04. The lowest BCUT2D eigenvalue weighted by Crippen LogP contribution is -2.42. The summed E-state index contributed by atoms with van der Waals surface area (Å²) >= 11 is 15.6. The van der Waals surface area contributed by atoms with Gasteiger partial charge >= 0.3 is 17.9 Å². The van der Waals surface area contributed by atoms with Crippen molar-refractivity contribution >= 4 is 68.1 Å². The molecule has 0 aliphatic heterocycles. The topological polar surface area (TPSA) is 106 Å². The molecule has 0 aliphatic rings. The van der Waals surface area contributed by atoms with Crippen LogP contribution in [0.15, 0.2) is 16.9 Å². The van der Waals surface area contributed by atoms with Crippen molar-refractivity contribution in [2.45, 2.75) is 59.5 Å². The van der Waals surface area contributed by atoms with Crippen LogP contribution >= 0.6 is 39.1 Å². The highest BCUT2D eigenvalue weighted by Gasteiger charge is 2.38. The quantitative estimate of drug-likeness (QED) is 0.303. The predicted molar refractivity (Wildman–Crippen MR) is 127 cm³/mol. The lowest BCUT2D eigenvalue weighted by atomic mass is 10.1. The molecule has 9 nitrogen and oxygen atoms in total. The average molecular weight is 570 g/mol. The third-order valence-corrected chi connectivity index (χ3v) is 5.44. The van der Waals surface area contributed by atoms with Gasteiger partial charge in [-0.3, -0.25) is 19.0 Å². The Balaban J connectivity index is 0.00000265. The molecule has 1 aromatic carbocycles. The Morgan fingerprint density at radius 2 is 1.61 bits per heavy atom. The van der Waals surface area contributed by atoms with Crippen LogP contribution in [0.5, 0.6) is 0 Å². The molecule has 2 aromatic rings. The van der Waals surface area contributed by atoms with E-state index in [1.54, 1.807) is 16.7 Å². The first-order chi connectivity index (χ1) is 15.5. The molecule has 0 saturated carbocycles. The van der Waals surface area contributed by atoms with Crippen LogP contribution in [0.3, 0.4) is 0 Å². The fourth-order valence-electron chi connectivity index (χ4n) is 3.02. The first-order valence-electron chi connectivity index (χ1n) is 10.1. The van der Waals surface area contributed by atoms with Crippen molar-refractivity contribution in [2.24, 2.45) is 0 Å². The van der Waals surface area contributed by atoms with Gasteiger partial charge in [-0.1, -0.05) is 37.0 Å². The monoisotopic (exact) mass is 568 g/mol. The summed E-state index contributed by atoms with van der Waals surface area (Å²) < 4.78 is 23.4. The van der Waals surface area contributed by atoms with Crippen molar-refractivity contribution in [3.63, 3.8) is 0 Å². The van der Waals surface area contributed by atoms with Crippen LogP contribution in [0.25, 0.3) is 11.0 Å². The number of ether oxygens (including phenoxy) is 4. The molecule has 0 radical (unpaired) electrons. The summed E-state index contributed by atoms with van der Waals surface area (Å²) in [5, 5.41) is 0.601. The fraction of sp³-hybridized carbons (Fsp3) is 0.524. The number of fused-ring (bicyclic) bond motifs is 1. The Labute approximate surface area is 210 Å². The molecule has 3 atom stereocenters. The van der Waals surface area contributed by atoms with Crippen molar-refractivity contribution in [1.82, 2.24) is 9.55 Å². The number of imidazole rings is 1. The van der Waals surface area contributed by atoms with E-state index in [4.69, 9.17) is 42.1 Å². The third kappa shape index (κ3) is 8.13. The standard InChI is InChI=1S/C19H21BrCl2N2O7.C2H6/c1-9(25)29-6-5-16(30-10(2)26)17(31-11(3)27)18(28-4)24-15-8-13(22)12(21)7-14(15)23-19(24)20;1-2/h7-8,16-18H,5-6H2,1-4H3;1-2H3/t16-,17?,18?;/m1./s1. The molecule has 2 rings (SSSR count). The number of hydrogen-bond acceptors (Lipinski definition) is 8. The number of carbonyl (C=O) groups is 3. The second kappa shape index (κ2) is 13.7. The number of nitrogens with zero attached hydrogens (tertiary/aromatic N) is 2. The summed E-state index contributed by atoms with van der Waals surface area (Å²) in [6.07, 6.45) is -3.02. The Morgan fingerprint density at radius 3 is 2.12 bits per heavy atom. The summed E-state index contributed by atoms with van der Waals surface area (Å²) in [6, 6.07) is 3.17. The Bertz CT molecular complexity index is 983. The summed E-state index contributed by atoms with van der Waals surface area (Å²) in [4.78, 5) is 39.1. The van der Waals surface area contributed by atoms with Gasteiger partial charge in [0.2, 0.25) is 0 Å². The summed E-state index contributed by atoms with van der Waals surface area (Å²) in [5.74, 6) is -1.73. The first-order valence-corrected chi connectivity index (χ1v) is 11.6. The van der Waals surface area contributed by atoms with E-state index < -0.39 is 36.3 Å². The summed E-state index contributed by atoms with van der Waals surface area (Å²) in [7, 11) is 1.40. The highest BCUT2D eigenvalue weighted by Crippen LogP contribution is 2.34. The van der Waals surface area contributed by atoms with E-state index in [9.17, 15) is 14.4 Å². The van der Waals surface area contributed by atoms with Crippen molar-refractivity contribution in [3.05, 3.63) is 26.9 Å². The third-order valence-electron chi connectivity index (χ3n) is 4.16. The van der Waals surface area contributed by atoms with Gasteiger partial charge < -0.3 is 18.9 Å². The van der Waals surface area contributed by atoms with Crippen LogP contribution in [0.2, 0.25) is 10.0 Å². The second-order valence-corrected chi connectivity index (χ2v) is 8.01. The molecular formula is C21H27BrCl2N2O7. The highest BCUT2D eigenvalue weighted by atomic mass is 79.9. The predicted octanol–water partition coefficient (Wildman–Crippen LogP) is 5.09. The van der Waals surface area contributed by atoms with E-state index in [0.29, 0.717) is 20.8 Å². The van der Waals surface area contributed by atoms with Gasteiger partial charge in [0.1, 0.15) is 6.10 Å². The molecule has 0 bridgehead atoms. The first kappa shape index (κ1) is 29.2. The number of methoxy groups -OCH3 is 1. The van der Waals surface area contributed by atoms with Gasteiger partial charge in [-0.25, -0.2) is 4.98 Å². The number of hydrogen-bond donors (Lipinski definition) is 0. The number of rotatable bonds is 9. The number of carbonyl (C=O) groups excluding carboxylic acids is 3. The van der Waals surface area contributed by atoms with Crippen molar-refractivity contribution < 1.29 is 33.3 Å². The van der Waals surface area contributed by atoms with E-state index in [1.807, 2.05) is 13.8 Å². The largest absolute Gasteiger partial charge is 0.466 e. The van der Waals surface area contributed by atoms with Crippen LogP contribution in [0.4, 0.5) is 0 Å². The van der Waals surface area contributed by atoms with Crippen molar-refractivity contribution in [2.75, 3.05) is 13.7 Å². The minimum absolute atomic E-state index is 0.0608. The minimum atomic E-state index is -1.11. The molecule has 0 N–H and O–H groups in total. The van der Waals surface area contributed by atoms with E-state index in [-0.39, 0.29) is 18.1 Å². The zero-order chi connectivity index (χ0) is 25.3. The van der Waals surface area contributed by atoms with Gasteiger partial charge in [0.15, 0.2) is 17.1 Å². The van der Waals surface area contributed by atoms with Gasteiger partial charge in [-0.05, 0) is 28.1 Å². The van der Waals surface area contributed by atoms with Crippen LogP contribution in [0, 0.1) is 0 Å². The molecule has 0 fully saturated rings. The highest BCUT2D eigenvalue weighted by molar-refractivity contribution is 9.10. The maximum Gasteiger partial charge on any atom is 0.303 e. The zero-order valence-electron chi connectivity index (χ0n) is 19.2. The molecule has 0 saturated heterocycles. The Morgan fingerprint density at radius 1 is 1.03 bits per heavy atom. The molecule has 2 unspecified atom stereocenters. The molecule has 0 aliphatic carbocycles. The second-order valence-electron chi connectivity index (χ2n) is 6.48. The molecule has 1 heterocycles. The van der Waals surface area contributed by atoms with Gasteiger partial charge in [0.05, 0.1) is 27.7 Å². The molecule has 12 heteroatoms. The normalized spacial score (nSPS) is 13.4. The summed E-state index contributed by atoms with van der Waals surface area (Å²) in [6.45, 7) is 7.63. The Kier molecular flexibility index (Phi) is 12.1. The molecular weight excluding hydrogens is 543 g/mol. The van der Waals surface area contributed by atoms with Crippen LogP contribution < -0.4 is 0 Å². The molecule has 1 aromatic heterocycles.